The molecule has 0 spiro atoms. The molecule has 0 amide bonds. The molecule has 0 heterocycles. The number of hydrogen-bond acceptors (Lipinski definition) is 3. The maximum atomic E-state index is 13.3. The molecule has 0 radical (unpaired) electrons. The van der Waals surface area contributed by atoms with Gasteiger partial charge in [-0.05, 0) is 24.6 Å². The molecule has 16 heavy (non-hydrogen) atoms. The van der Waals surface area contributed by atoms with Crippen LogP contribution in [0.15, 0.2) is 18.2 Å². The average molecular weight is 242 g/mol. The molecule has 0 aliphatic rings. The van der Waals surface area contributed by atoms with E-state index in [4.69, 9.17) is 5.26 Å². The van der Waals surface area contributed by atoms with Crippen LogP contribution in [0.2, 0.25) is 0 Å². The highest BCUT2D eigenvalue weighted by atomic mass is 32.2. The Balaban J connectivity index is 2.96. The maximum Gasteiger partial charge on any atom is 0.232 e. The van der Waals surface area contributed by atoms with Crippen LogP contribution in [0.4, 0.5) is 10.1 Å². The summed E-state index contributed by atoms with van der Waals surface area (Å²) in [6.45, 7) is 1.72. The fraction of sp³-hybridized carbons (Fsp3) is 0.300. The lowest BCUT2D eigenvalue weighted by atomic mass is 10.2. The van der Waals surface area contributed by atoms with Gasteiger partial charge in [-0.2, -0.15) is 5.26 Å². The van der Waals surface area contributed by atoms with Crippen molar-refractivity contribution in [3.05, 3.63) is 29.6 Å². The van der Waals surface area contributed by atoms with E-state index in [1.807, 2.05) is 0 Å². The molecule has 0 atom stereocenters. The Bertz CT molecular complexity index is 520. The van der Waals surface area contributed by atoms with E-state index in [2.05, 4.69) is 4.72 Å². The number of benzene rings is 1. The average Bonchev–Trinajstić information content (AvgIpc) is 2.20. The second-order valence-corrected chi connectivity index (χ2v) is 5.07. The molecule has 1 aromatic rings. The number of anilines is 1. The highest BCUT2D eigenvalue weighted by Crippen LogP contribution is 2.16. The van der Waals surface area contributed by atoms with Gasteiger partial charge in [0, 0.05) is 0 Å². The maximum absolute atomic E-state index is 13.3. The molecule has 0 aliphatic carbocycles. The summed E-state index contributed by atoms with van der Waals surface area (Å²) in [5.41, 5.74) is 0.0170. The summed E-state index contributed by atoms with van der Waals surface area (Å²) in [5.74, 6) is -0.814. The summed E-state index contributed by atoms with van der Waals surface area (Å²) >= 11 is 0. The SMILES string of the molecule is CCCS(=O)(=O)Nc1ccc(C#N)cc1F. The molecule has 1 aromatic carbocycles. The van der Waals surface area contributed by atoms with Crippen molar-refractivity contribution >= 4 is 15.7 Å². The molecular weight excluding hydrogens is 231 g/mol. The first-order chi connectivity index (χ1) is 7.48. The minimum atomic E-state index is -3.50. The molecule has 0 bridgehead atoms. The lowest BCUT2D eigenvalue weighted by Gasteiger charge is -2.07. The zero-order valence-corrected chi connectivity index (χ0v) is 9.51. The first kappa shape index (κ1) is 12.5. The molecule has 0 aromatic heterocycles. The van der Waals surface area contributed by atoms with Gasteiger partial charge in [-0.15, -0.1) is 0 Å². The predicted molar refractivity (Wildman–Crippen MR) is 58.8 cm³/mol. The second-order valence-electron chi connectivity index (χ2n) is 3.23. The molecule has 4 nitrogen and oxygen atoms in total. The van der Waals surface area contributed by atoms with Crippen molar-refractivity contribution in [3.8, 4) is 6.07 Å². The van der Waals surface area contributed by atoms with E-state index >= 15 is 0 Å². The van der Waals surface area contributed by atoms with E-state index in [0.29, 0.717) is 6.42 Å². The number of hydrogen-bond donors (Lipinski definition) is 1. The number of halogens is 1. The van der Waals surface area contributed by atoms with Gasteiger partial charge >= 0.3 is 0 Å². The fourth-order valence-corrected chi connectivity index (χ4v) is 2.29. The third-order valence-electron chi connectivity index (χ3n) is 1.84. The predicted octanol–water partition coefficient (Wildman–Crippen LogP) is 1.85. The Morgan fingerprint density at radius 1 is 1.50 bits per heavy atom. The molecule has 0 saturated carbocycles. The molecule has 0 aliphatic heterocycles. The van der Waals surface area contributed by atoms with Crippen LogP contribution < -0.4 is 4.72 Å². The van der Waals surface area contributed by atoms with Gasteiger partial charge in [-0.1, -0.05) is 6.92 Å². The van der Waals surface area contributed by atoms with E-state index in [-0.39, 0.29) is 17.0 Å². The summed E-state index contributed by atoms with van der Waals surface area (Å²) < 4.78 is 38.2. The topological polar surface area (TPSA) is 70.0 Å². The largest absolute Gasteiger partial charge is 0.281 e. The van der Waals surface area contributed by atoms with Crippen LogP contribution in [0.1, 0.15) is 18.9 Å². The van der Waals surface area contributed by atoms with Crippen LogP contribution in [0.3, 0.4) is 0 Å². The van der Waals surface area contributed by atoms with Crippen molar-refractivity contribution in [3.63, 3.8) is 0 Å². The van der Waals surface area contributed by atoms with Crippen molar-refractivity contribution < 1.29 is 12.8 Å². The summed E-state index contributed by atoms with van der Waals surface area (Å²) in [7, 11) is -3.50. The number of sulfonamides is 1. The summed E-state index contributed by atoms with van der Waals surface area (Å²) in [6.07, 6.45) is 0.452. The second kappa shape index (κ2) is 4.94. The van der Waals surface area contributed by atoms with Gasteiger partial charge in [0.25, 0.3) is 0 Å². The summed E-state index contributed by atoms with van der Waals surface area (Å²) in [4.78, 5) is 0. The monoisotopic (exact) mass is 242 g/mol. The minimum absolute atomic E-state index is 0.0631. The van der Waals surface area contributed by atoms with E-state index in [0.717, 1.165) is 6.07 Å². The number of nitrogens with one attached hydrogen (secondary N) is 1. The van der Waals surface area contributed by atoms with Crippen LogP contribution in [-0.2, 0) is 10.0 Å². The third kappa shape index (κ3) is 3.21. The van der Waals surface area contributed by atoms with E-state index in [1.165, 1.54) is 12.1 Å². The quantitative estimate of drug-likeness (QED) is 0.875. The molecule has 1 N–H and O–H groups in total. The molecule has 86 valence electrons. The van der Waals surface area contributed by atoms with Gasteiger partial charge in [-0.25, -0.2) is 12.8 Å². The third-order valence-corrected chi connectivity index (χ3v) is 3.31. The van der Waals surface area contributed by atoms with E-state index in [1.54, 1.807) is 13.0 Å². The van der Waals surface area contributed by atoms with Crippen LogP contribution in [0, 0.1) is 17.1 Å². The van der Waals surface area contributed by atoms with Crippen LogP contribution >= 0.6 is 0 Å². The molecule has 0 fully saturated rings. The van der Waals surface area contributed by atoms with Gasteiger partial charge in [-0.3, -0.25) is 4.72 Å². The highest BCUT2D eigenvalue weighted by Gasteiger charge is 2.12. The van der Waals surface area contributed by atoms with Gasteiger partial charge in [0.15, 0.2) is 0 Å². The number of rotatable bonds is 4. The molecule has 0 saturated heterocycles. The lowest BCUT2D eigenvalue weighted by molar-refractivity contribution is 0.597. The zero-order valence-electron chi connectivity index (χ0n) is 8.70. The standard InChI is InChI=1S/C10H11FN2O2S/c1-2-5-16(14,15)13-10-4-3-8(7-12)6-9(10)11/h3-4,6,13H,2,5H2,1H3. The fourth-order valence-electron chi connectivity index (χ4n) is 1.15. The van der Waals surface area contributed by atoms with Crippen molar-refractivity contribution in [2.45, 2.75) is 13.3 Å². The first-order valence-electron chi connectivity index (χ1n) is 4.68. The molecular formula is C10H11FN2O2S. The van der Waals surface area contributed by atoms with Gasteiger partial charge in [0.1, 0.15) is 5.82 Å². The molecule has 1 rings (SSSR count). The Morgan fingerprint density at radius 2 is 2.19 bits per heavy atom. The lowest BCUT2D eigenvalue weighted by Crippen LogP contribution is -2.16. The summed E-state index contributed by atoms with van der Waals surface area (Å²) in [5, 5.41) is 8.51. The van der Waals surface area contributed by atoms with Crippen molar-refractivity contribution in [1.82, 2.24) is 0 Å². The van der Waals surface area contributed by atoms with E-state index in [9.17, 15) is 12.8 Å². The Hall–Kier alpha value is -1.61. The van der Waals surface area contributed by atoms with Crippen molar-refractivity contribution in [2.24, 2.45) is 0 Å². The van der Waals surface area contributed by atoms with Gasteiger partial charge in [0.2, 0.25) is 10.0 Å². The smallest absolute Gasteiger partial charge is 0.232 e. The Kier molecular flexibility index (Phi) is 3.85. The van der Waals surface area contributed by atoms with Crippen LogP contribution in [0.5, 0.6) is 0 Å². The normalized spacial score (nSPS) is 10.8. The van der Waals surface area contributed by atoms with Gasteiger partial charge < -0.3 is 0 Å². The minimum Gasteiger partial charge on any atom is -0.281 e. The van der Waals surface area contributed by atoms with E-state index < -0.39 is 15.8 Å². The summed E-state index contributed by atoms with van der Waals surface area (Å²) in [6, 6.07) is 5.35. The Morgan fingerprint density at radius 3 is 2.69 bits per heavy atom. The van der Waals surface area contributed by atoms with Gasteiger partial charge in [0.05, 0.1) is 23.1 Å². The number of nitriles is 1. The zero-order chi connectivity index (χ0) is 12.2. The number of nitrogens with zero attached hydrogens (tertiary/aromatic N) is 1. The van der Waals surface area contributed by atoms with Crippen molar-refractivity contribution in [1.29, 1.82) is 5.26 Å². The Labute approximate surface area is 93.8 Å². The van der Waals surface area contributed by atoms with Crippen molar-refractivity contribution in [2.75, 3.05) is 10.5 Å². The molecule has 0 unspecified atom stereocenters. The van der Waals surface area contributed by atoms with Crippen LogP contribution in [-0.4, -0.2) is 14.2 Å². The highest BCUT2D eigenvalue weighted by molar-refractivity contribution is 7.92. The van der Waals surface area contributed by atoms with Crippen LogP contribution in [0.25, 0.3) is 0 Å². The first-order valence-corrected chi connectivity index (χ1v) is 6.34. The molecule has 6 heteroatoms.